The minimum Gasteiger partial charge on any atom is -0.370 e. The van der Waals surface area contributed by atoms with E-state index in [1.807, 2.05) is 0 Å². The molecular formula is C4H8FNO2. The first-order valence-electron chi connectivity index (χ1n) is 1.75. The molecule has 0 heterocycles. The molecule has 0 saturated carbocycles. The molecule has 0 atom stereocenters. The Morgan fingerprint density at radius 1 is 1.75 bits per heavy atom. The molecule has 0 aromatic heterocycles. The van der Waals surface area contributed by atoms with Crippen molar-refractivity contribution < 1.29 is 14.3 Å². The average molecular weight is 121 g/mol. The van der Waals surface area contributed by atoms with Gasteiger partial charge in [-0.3, -0.25) is 4.70 Å². The van der Waals surface area contributed by atoms with Crippen molar-refractivity contribution in [2.24, 2.45) is 5.90 Å². The number of hydrogen-bond donors (Lipinski definition) is 1. The highest BCUT2D eigenvalue weighted by Crippen LogP contribution is 1.85. The summed E-state index contributed by atoms with van der Waals surface area (Å²) >= 11 is 0. The van der Waals surface area contributed by atoms with Crippen LogP contribution < -0.4 is 5.90 Å². The molecule has 0 saturated heterocycles. The second-order valence-corrected chi connectivity index (χ2v) is 1.19. The summed E-state index contributed by atoms with van der Waals surface area (Å²) in [5.41, 5.74) is 0.308. The standard InChI is InChI=1S/C4H7NO2.FH/c1-3(2)4(6)7-5;/h1,5H2,2H3;1H. The zero-order valence-corrected chi connectivity index (χ0v) is 4.51. The fraction of sp³-hybridized carbons (Fsp3) is 0.250. The Morgan fingerprint density at radius 2 is 2.12 bits per heavy atom. The maximum atomic E-state index is 10.1. The van der Waals surface area contributed by atoms with E-state index in [2.05, 4.69) is 17.3 Å². The van der Waals surface area contributed by atoms with Crippen LogP contribution in [0, 0.1) is 0 Å². The zero-order chi connectivity index (χ0) is 5.86. The molecule has 2 N–H and O–H groups in total. The second kappa shape index (κ2) is 4.26. The highest BCUT2D eigenvalue weighted by molar-refractivity contribution is 5.86. The minimum absolute atomic E-state index is 0. The molecule has 0 bridgehead atoms. The Morgan fingerprint density at radius 3 is 2.12 bits per heavy atom. The van der Waals surface area contributed by atoms with Gasteiger partial charge in [-0.2, -0.15) is 5.90 Å². The molecule has 0 aliphatic rings. The van der Waals surface area contributed by atoms with Gasteiger partial charge in [0.15, 0.2) is 0 Å². The molecule has 0 aromatic carbocycles. The van der Waals surface area contributed by atoms with Gasteiger partial charge < -0.3 is 4.84 Å². The van der Waals surface area contributed by atoms with Crippen LogP contribution in [0.5, 0.6) is 0 Å². The first-order chi connectivity index (χ1) is 3.18. The molecule has 48 valence electrons. The maximum Gasteiger partial charge on any atom is 0.351 e. The summed E-state index contributed by atoms with van der Waals surface area (Å²) in [4.78, 5) is 13.8. The Kier molecular flexibility index (Phi) is 5.41. The molecule has 0 radical (unpaired) electrons. The molecule has 0 amide bonds. The van der Waals surface area contributed by atoms with E-state index in [1.54, 1.807) is 0 Å². The third-order valence-electron chi connectivity index (χ3n) is 0.455. The largest absolute Gasteiger partial charge is 0.370 e. The third kappa shape index (κ3) is 3.30. The molecule has 0 aliphatic heterocycles. The van der Waals surface area contributed by atoms with Crippen LogP contribution in [0.3, 0.4) is 0 Å². The lowest BCUT2D eigenvalue weighted by molar-refractivity contribution is -0.139. The van der Waals surface area contributed by atoms with Gasteiger partial charge in [-0.25, -0.2) is 4.79 Å². The summed E-state index contributed by atoms with van der Waals surface area (Å²) in [7, 11) is 0. The van der Waals surface area contributed by atoms with Gasteiger partial charge in [0.2, 0.25) is 0 Å². The summed E-state index contributed by atoms with van der Waals surface area (Å²) < 4.78 is 0. The van der Waals surface area contributed by atoms with Crippen LogP contribution in [0.25, 0.3) is 0 Å². The van der Waals surface area contributed by atoms with Gasteiger partial charge in [-0.1, -0.05) is 6.58 Å². The summed E-state index contributed by atoms with van der Waals surface area (Å²) in [6.07, 6.45) is 0. The van der Waals surface area contributed by atoms with Crippen molar-refractivity contribution in [1.82, 2.24) is 0 Å². The van der Waals surface area contributed by atoms with E-state index in [4.69, 9.17) is 0 Å². The SMILES string of the molecule is C=C(C)C(=O)ON.F. The van der Waals surface area contributed by atoms with Crippen LogP contribution in [0.15, 0.2) is 12.2 Å². The quantitative estimate of drug-likeness (QED) is 0.396. The average Bonchev–Trinajstić information content (AvgIpc) is 1.65. The van der Waals surface area contributed by atoms with Gasteiger partial charge in [0.05, 0.1) is 0 Å². The number of rotatable bonds is 1. The molecule has 4 heteroatoms. The van der Waals surface area contributed by atoms with Gasteiger partial charge >= 0.3 is 5.97 Å². The van der Waals surface area contributed by atoms with E-state index in [1.165, 1.54) is 6.92 Å². The Bertz CT molecular complexity index is 102. The van der Waals surface area contributed by atoms with Gasteiger partial charge in [0, 0.05) is 5.57 Å². The van der Waals surface area contributed by atoms with Gasteiger partial charge in [0.1, 0.15) is 0 Å². The monoisotopic (exact) mass is 121 g/mol. The topological polar surface area (TPSA) is 52.3 Å². The number of hydrogen-bond acceptors (Lipinski definition) is 3. The van der Waals surface area contributed by atoms with Crippen LogP contribution in [0.1, 0.15) is 6.92 Å². The molecule has 0 unspecified atom stereocenters. The van der Waals surface area contributed by atoms with E-state index in [0.29, 0.717) is 5.57 Å². The summed E-state index contributed by atoms with van der Waals surface area (Å²) in [5, 5.41) is 0. The van der Waals surface area contributed by atoms with Crippen LogP contribution in [0.4, 0.5) is 4.70 Å². The van der Waals surface area contributed by atoms with Crippen molar-refractivity contribution in [3.05, 3.63) is 12.2 Å². The second-order valence-electron chi connectivity index (χ2n) is 1.19. The van der Waals surface area contributed by atoms with Gasteiger partial charge in [-0.05, 0) is 6.92 Å². The predicted octanol–water partition coefficient (Wildman–Crippen LogP) is 0.132. The molecule has 0 aromatic rings. The third-order valence-corrected chi connectivity index (χ3v) is 0.455. The fourth-order valence-corrected chi connectivity index (χ4v) is 0.101. The predicted molar refractivity (Wildman–Crippen MR) is 27.6 cm³/mol. The van der Waals surface area contributed by atoms with Crippen molar-refractivity contribution in [2.45, 2.75) is 6.92 Å². The highest BCUT2D eigenvalue weighted by atomic mass is 19.0. The van der Waals surface area contributed by atoms with E-state index in [9.17, 15) is 4.79 Å². The van der Waals surface area contributed by atoms with Gasteiger partial charge in [-0.15, -0.1) is 0 Å². The number of carbonyl (C=O) groups excluding carboxylic acids is 1. The Hall–Kier alpha value is -0.900. The van der Waals surface area contributed by atoms with Crippen LogP contribution in [-0.2, 0) is 9.63 Å². The Labute approximate surface area is 46.4 Å². The molecule has 0 spiro atoms. The lowest BCUT2D eigenvalue weighted by Crippen LogP contribution is -2.09. The summed E-state index contributed by atoms with van der Waals surface area (Å²) in [6.45, 7) is 4.79. The van der Waals surface area contributed by atoms with Crippen molar-refractivity contribution in [1.29, 1.82) is 0 Å². The maximum absolute atomic E-state index is 10.1. The molecular weight excluding hydrogens is 113 g/mol. The van der Waals surface area contributed by atoms with E-state index in [0.717, 1.165) is 0 Å². The summed E-state index contributed by atoms with van der Waals surface area (Å²) in [5.74, 6) is 3.89. The number of halogens is 1. The minimum atomic E-state index is -0.569. The van der Waals surface area contributed by atoms with Crippen molar-refractivity contribution in [3.8, 4) is 0 Å². The number of nitrogens with two attached hydrogens (primary N) is 1. The van der Waals surface area contributed by atoms with Crippen LogP contribution in [0.2, 0.25) is 0 Å². The lowest BCUT2D eigenvalue weighted by Gasteiger charge is -1.90. The van der Waals surface area contributed by atoms with Crippen molar-refractivity contribution in [3.63, 3.8) is 0 Å². The normalized spacial score (nSPS) is 6.75. The van der Waals surface area contributed by atoms with E-state index >= 15 is 0 Å². The van der Waals surface area contributed by atoms with Crippen LogP contribution >= 0.6 is 0 Å². The van der Waals surface area contributed by atoms with Crippen molar-refractivity contribution in [2.75, 3.05) is 0 Å². The smallest absolute Gasteiger partial charge is 0.351 e. The van der Waals surface area contributed by atoms with Gasteiger partial charge in [0.25, 0.3) is 0 Å². The Balaban J connectivity index is 0. The number of carbonyl (C=O) groups is 1. The molecule has 0 rings (SSSR count). The molecule has 8 heavy (non-hydrogen) atoms. The van der Waals surface area contributed by atoms with E-state index < -0.39 is 5.97 Å². The highest BCUT2D eigenvalue weighted by Gasteiger charge is 1.96. The first kappa shape index (κ1) is 10.2. The molecule has 3 nitrogen and oxygen atoms in total. The molecule has 0 aliphatic carbocycles. The van der Waals surface area contributed by atoms with E-state index in [-0.39, 0.29) is 4.70 Å². The molecule has 0 fully saturated rings. The zero-order valence-electron chi connectivity index (χ0n) is 4.51. The fourth-order valence-electron chi connectivity index (χ4n) is 0.101. The van der Waals surface area contributed by atoms with Crippen molar-refractivity contribution >= 4 is 5.97 Å². The first-order valence-corrected chi connectivity index (χ1v) is 1.75. The summed E-state index contributed by atoms with van der Waals surface area (Å²) in [6, 6.07) is 0. The lowest BCUT2D eigenvalue weighted by atomic mass is 10.4. The van der Waals surface area contributed by atoms with Crippen LogP contribution in [-0.4, -0.2) is 5.97 Å².